The first-order valence-corrected chi connectivity index (χ1v) is 8.33. The molecule has 0 saturated heterocycles. The first kappa shape index (κ1) is 11.0. The molecule has 0 amide bonds. The van der Waals surface area contributed by atoms with Gasteiger partial charge in [0, 0.05) is 5.48 Å². The molecule has 23 heavy (non-hydrogen) atoms. The van der Waals surface area contributed by atoms with Gasteiger partial charge in [-0.3, -0.25) is 4.72 Å². The lowest BCUT2D eigenvalue weighted by Gasteiger charge is -2.24. The Labute approximate surface area is 148 Å². The van der Waals surface area contributed by atoms with Gasteiger partial charge in [0.05, 0.1) is 25.6 Å². The predicted octanol–water partition coefficient (Wildman–Crippen LogP) is 3.26. The van der Waals surface area contributed by atoms with E-state index in [9.17, 15) is 17.6 Å². The van der Waals surface area contributed by atoms with Crippen molar-refractivity contribution in [2.45, 2.75) is 31.3 Å². The highest BCUT2D eigenvalue weighted by molar-refractivity contribution is 7.93. The van der Waals surface area contributed by atoms with Crippen molar-refractivity contribution >= 4 is 33.3 Å². The maximum absolute atomic E-state index is 13.2. The van der Waals surface area contributed by atoms with Crippen molar-refractivity contribution < 1.29 is 30.6 Å². The van der Waals surface area contributed by atoms with Crippen LogP contribution in [0.5, 0.6) is 0 Å². The topological polar surface area (TPSA) is 72.5 Å². The normalized spacial score (nSPS) is 30.0. The summed E-state index contributed by atoms with van der Waals surface area (Å²) in [6.45, 7) is 1.13. The molecule has 8 heteroatoms. The fourth-order valence-corrected chi connectivity index (χ4v) is 3.21. The molecule has 0 heterocycles. The summed E-state index contributed by atoms with van der Waals surface area (Å²) in [6, 6.07) is 1.66. The van der Waals surface area contributed by atoms with Crippen LogP contribution >= 0.6 is 11.6 Å². The number of nitrogens with one attached hydrogen (secondary N) is 1. The molecule has 1 unspecified atom stereocenters. The Balaban J connectivity index is 2.75. The van der Waals surface area contributed by atoms with Crippen LogP contribution in [-0.4, -0.2) is 26.2 Å². The van der Waals surface area contributed by atoms with E-state index in [2.05, 4.69) is 0 Å². The summed E-state index contributed by atoms with van der Waals surface area (Å²) in [4.78, 5) is 12.4. The molecule has 1 atom stereocenters. The molecular weight excluding hydrogens is 345 g/mol. The molecule has 0 aliphatic heterocycles. The summed E-state index contributed by atoms with van der Waals surface area (Å²) in [6.07, 6.45) is -7.41. The molecule has 0 spiro atoms. The number of esters is 1. The Morgan fingerprint density at radius 1 is 1.65 bits per heavy atom. The number of benzene rings is 1. The standard InChI is InChI=1S/C15H17ClFNO4S/c1-2-22-15(19)11-5-3-4-6-14(11)23(20,21)18-13-8-7-10(17)9-12(13)16/h5,7-9,14,18H,2-4,6H2,1H3/i4D2,5D,6D2,14D. The minimum atomic E-state index is -5.28. The van der Waals surface area contributed by atoms with E-state index in [0.29, 0.717) is 0 Å². The number of anilines is 1. The zero-order valence-corrected chi connectivity index (χ0v) is 13.5. The van der Waals surface area contributed by atoms with Gasteiger partial charge in [-0.05, 0) is 44.3 Å². The lowest BCUT2D eigenvalue weighted by atomic mass is 9.99. The molecule has 0 radical (unpaired) electrons. The molecule has 0 fully saturated rings. The summed E-state index contributed by atoms with van der Waals surface area (Å²) in [5.74, 6) is -2.22. The lowest BCUT2D eigenvalue weighted by Crippen LogP contribution is -2.34. The van der Waals surface area contributed by atoms with Crippen LogP contribution in [0.1, 0.15) is 34.3 Å². The molecule has 1 aliphatic rings. The number of hydrogen-bond donors (Lipinski definition) is 1. The molecule has 1 aromatic rings. The second-order valence-electron chi connectivity index (χ2n) is 4.31. The van der Waals surface area contributed by atoms with E-state index in [1.165, 1.54) is 6.92 Å². The second-order valence-corrected chi connectivity index (χ2v) is 6.34. The van der Waals surface area contributed by atoms with Crippen LogP contribution in [0, 0.1) is 5.82 Å². The molecule has 126 valence electrons. The van der Waals surface area contributed by atoms with Crippen LogP contribution in [-0.2, 0) is 19.6 Å². The number of sulfonamides is 1. The Bertz CT molecular complexity index is 987. The number of carbonyl (C=O) groups is 1. The predicted molar refractivity (Wildman–Crippen MR) is 86.3 cm³/mol. The van der Waals surface area contributed by atoms with Crippen LogP contribution < -0.4 is 4.72 Å². The number of halogens is 2. The Hall–Kier alpha value is -1.60. The smallest absolute Gasteiger partial charge is 0.335 e. The van der Waals surface area contributed by atoms with Crippen molar-refractivity contribution in [3.05, 3.63) is 40.7 Å². The zero-order valence-electron chi connectivity index (χ0n) is 17.9. The summed E-state index contributed by atoms with van der Waals surface area (Å²) < 4.78 is 94.3. The molecule has 2 rings (SSSR count). The number of allylic oxidation sites excluding steroid dienone is 1. The van der Waals surface area contributed by atoms with Gasteiger partial charge in [-0.1, -0.05) is 17.7 Å². The number of hydrogen-bond acceptors (Lipinski definition) is 4. The van der Waals surface area contributed by atoms with E-state index >= 15 is 0 Å². The van der Waals surface area contributed by atoms with Crippen LogP contribution in [0.15, 0.2) is 29.8 Å². The quantitative estimate of drug-likeness (QED) is 0.811. The molecule has 1 aliphatic carbocycles. The van der Waals surface area contributed by atoms with Crippen molar-refractivity contribution in [1.29, 1.82) is 0 Å². The molecule has 5 nitrogen and oxygen atoms in total. The fraction of sp³-hybridized carbons (Fsp3) is 0.400. The highest BCUT2D eigenvalue weighted by Gasteiger charge is 2.35. The van der Waals surface area contributed by atoms with Gasteiger partial charge >= 0.3 is 5.97 Å². The van der Waals surface area contributed by atoms with Gasteiger partial charge < -0.3 is 4.74 Å². The van der Waals surface area contributed by atoms with Crippen molar-refractivity contribution in [2.75, 3.05) is 11.3 Å². The highest BCUT2D eigenvalue weighted by atomic mass is 35.5. The second kappa shape index (κ2) is 7.31. The monoisotopic (exact) mass is 367 g/mol. The minimum Gasteiger partial charge on any atom is -0.463 e. The van der Waals surface area contributed by atoms with Gasteiger partial charge in [0.2, 0.25) is 10.0 Å². The van der Waals surface area contributed by atoms with Gasteiger partial charge in [0.1, 0.15) is 11.0 Å². The van der Waals surface area contributed by atoms with Crippen molar-refractivity contribution in [1.82, 2.24) is 0 Å². The first-order chi connectivity index (χ1) is 13.1. The third-order valence-electron chi connectivity index (χ3n) is 2.71. The van der Waals surface area contributed by atoms with Crippen LogP contribution in [0.25, 0.3) is 0 Å². The van der Waals surface area contributed by atoms with Gasteiger partial charge in [0.15, 0.2) is 0 Å². The average Bonchev–Trinajstić information content (AvgIpc) is 2.55. The van der Waals surface area contributed by atoms with Crippen LogP contribution in [0.4, 0.5) is 10.1 Å². The van der Waals surface area contributed by atoms with Crippen molar-refractivity contribution in [3.8, 4) is 0 Å². The van der Waals surface area contributed by atoms with Gasteiger partial charge in [0.25, 0.3) is 0 Å². The molecule has 0 aromatic heterocycles. The van der Waals surface area contributed by atoms with E-state index in [0.717, 1.165) is 18.2 Å². The van der Waals surface area contributed by atoms with Gasteiger partial charge in [-0.15, -0.1) is 0 Å². The summed E-state index contributed by atoms with van der Waals surface area (Å²) in [5.41, 5.74) is -1.57. The number of ether oxygens (including phenoxy) is 1. The van der Waals surface area contributed by atoms with Crippen molar-refractivity contribution in [2.24, 2.45) is 0 Å². The number of carbonyl (C=O) groups excluding carboxylic acids is 1. The lowest BCUT2D eigenvalue weighted by molar-refractivity contribution is -0.138. The molecular formula is C15H17ClFNO4S. The SMILES string of the molecule is [2H]C1=C(C(=O)OCC)C([2H])(S(=O)(=O)Nc2ccc(F)cc2Cl)C([2H])([2H])C([2H])([2H])C1. The Kier molecular flexibility index (Phi) is 3.51. The number of rotatable bonds is 5. The van der Waals surface area contributed by atoms with Gasteiger partial charge in [-0.2, -0.15) is 0 Å². The Morgan fingerprint density at radius 3 is 3.04 bits per heavy atom. The van der Waals surface area contributed by atoms with Crippen molar-refractivity contribution in [3.63, 3.8) is 0 Å². The van der Waals surface area contributed by atoms with E-state index in [4.69, 9.17) is 24.6 Å². The maximum Gasteiger partial charge on any atom is 0.335 e. The molecule has 0 bridgehead atoms. The molecule has 1 N–H and O–H groups in total. The first-order valence-electron chi connectivity index (χ1n) is 9.47. The van der Waals surface area contributed by atoms with E-state index in [-0.39, 0.29) is 6.61 Å². The molecule has 0 saturated carbocycles. The minimum absolute atomic E-state index is 0.251. The average molecular weight is 368 g/mol. The third kappa shape index (κ3) is 4.23. The maximum atomic E-state index is 13.2. The van der Waals surface area contributed by atoms with E-state index in [1.807, 2.05) is 4.72 Å². The summed E-state index contributed by atoms with van der Waals surface area (Å²) in [5, 5.41) is -4.02. The van der Waals surface area contributed by atoms with E-state index in [1.54, 1.807) is 0 Å². The largest absolute Gasteiger partial charge is 0.463 e. The van der Waals surface area contributed by atoms with Crippen LogP contribution in [0.2, 0.25) is 5.02 Å². The zero-order chi connectivity index (χ0) is 22.4. The fourth-order valence-electron chi connectivity index (χ4n) is 1.74. The summed E-state index contributed by atoms with van der Waals surface area (Å²) >= 11 is 5.79. The Morgan fingerprint density at radius 2 is 2.39 bits per heavy atom. The third-order valence-corrected chi connectivity index (χ3v) is 4.35. The summed E-state index contributed by atoms with van der Waals surface area (Å²) in [7, 11) is -5.28. The van der Waals surface area contributed by atoms with Gasteiger partial charge in [-0.25, -0.2) is 17.6 Å². The highest BCUT2D eigenvalue weighted by Crippen LogP contribution is 2.30. The van der Waals surface area contributed by atoms with Crippen LogP contribution in [0.3, 0.4) is 0 Å². The van der Waals surface area contributed by atoms with E-state index < -0.39 is 68.5 Å². The molecule has 1 aromatic carbocycles.